The summed E-state index contributed by atoms with van der Waals surface area (Å²) in [6.07, 6.45) is 4.82. The second kappa shape index (κ2) is 11.2. The number of carbonyl (C=O) groups is 1. The molecule has 1 amide bonds. The van der Waals surface area contributed by atoms with Gasteiger partial charge in [-0.3, -0.25) is 4.79 Å². The number of carbonyl (C=O) groups excluding carboxylic acids is 1. The number of anilines is 2. The number of fused-ring (bicyclic) bond motifs is 1. The highest BCUT2D eigenvalue weighted by atomic mass is 19.1. The van der Waals surface area contributed by atoms with E-state index in [-0.39, 0.29) is 30.6 Å². The van der Waals surface area contributed by atoms with Gasteiger partial charge in [-0.25, -0.2) is 8.78 Å². The quantitative estimate of drug-likeness (QED) is 0.421. The molecule has 4 N–H and O–H groups in total. The summed E-state index contributed by atoms with van der Waals surface area (Å²) in [4.78, 5) is 17.8. The lowest BCUT2D eigenvalue weighted by molar-refractivity contribution is -0.122. The third-order valence-electron chi connectivity index (χ3n) is 7.12. The maximum absolute atomic E-state index is 15.8. The van der Waals surface area contributed by atoms with Gasteiger partial charge in [-0.15, -0.1) is 0 Å². The van der Waals surface area contributed by atoms with Crippen LogP contribution in [0.3, 0.4) is 0 Å². The maximum Gasteiger partial charge on any atom is 0.238 e. The number of nitrogens with two attached hydrogens (primary N) is 1. The average Bonchev–Trinajstić information content (AvgIpc) is 3.71. The van der Waals surface area contributed by atoms with Gasteiger partial charge in [-0.05, 0) is 57.0 Å². The monoisotopic (exact) mass is 529 g/mol. The van der Waals surface area contributed by atoms with Gasteiger partial charge in [0, 0.05) is 43.0 Å². The Morgan fingerprint density at radius 3 is 2.68 bits per heavy atom. The molecule has 38 heavy (non-hydrogen) atoms. The van der Waals surface area contributed by atoms with E-state index >= 15 is 8.78 Å². The molecule has 0 spiro atoms. The molecule has 1 atom stereocenters. The number of aliphatic hydroxyl groups excluding tert-OH is 1. The first-order valence-corrected chi connectivity index (χ1v) is 12.8. The first-order chi connectivity index (χ1) is 18.0. The number of halogens is 2. The Morgan fingerprint density at radius 2 is 2.08 bits per heavy atom. The third-order valence-corrected chi connectivity index (χ3v) is 7.12. The van der Waals surface area contributed by atoms with Crippen LogP contribution in [0.5, 0.6) is 5.75 Å². The number of ether oxygens (including phenoxy) is 1. The molecular formula is C28H37F2N5O3. The normalized spacial score (nSPS) is 19.7. The Morgan fingerprint density at radius 1 is 1.37 bits per heavy atom. The van der Waals surface area contributed by atoms with Crippen molar-refractivity contribution >= 4 is 22.9 Å². The molecule has 3 aliphatic rings. The van der Waals surface area contributed by atoms with Crippen molar-refractivity contribution in [1.82, 2.24) is 10.2 Å². The first-order valence-electron chi connectivity index (χ1n) is 12.8. The molecule has 0 radical (unpaired) electrons. The summed E-state index contributed by atoms with van der Waals surface area (Å²) in [6, 6.07) is 0.836. The van der Waals surface area contributed by atoms with Crippen molar-refractivity contribution < 1.29 is 23.4 Å². The number of likely N-dealkylation sites (N-methyl/N-ethyl adjacent to an activating group) is 1. The van der Waals surface area contributed by atoms with E-state index in [1.54, 1.807) is 30.1 Å². The average molecular weight is 530 g/mol. The van der Waals surface area contributed by atoms with E-state index in [9.17, 15) is 9.90 Å². The summed E-state index contributed by atoms with van der Waals surface area (Å²) >= 11 is 0. The molecule has 1 saturated carbocycles. The number of aliphatic hydroxyl groups is 1. The van der Waals surface area contributed by atoms with Crippen LogP contribution in [0.1, 0.15) is 31.2 Å². The van der Waals surface area contributed by atoms with Crippen LogP contribution >= 0.6 is 0 Å². The van der Waals surface area contributed by atoms with Crippen LogP contribution < -0.4 is 25.6 Å². The fourth-order valence-electron chi connectivity index (χ4n) is 5.08. The van der Waals surface area contributed by atoms with Crippen LogP contribution in [0, 0.1) is 5.82 Å². The Hall–Kier alpha value is -3.37. The zero-order valence-electron chi connectivity index (χ0n) is 22.3. The third kappa shape index (κ3) is 5.56. The smallest absolute Gasteiger partial charge is 0.238 e. The second-order valence-corrected chi connectivity index (χ2v) is 10.4. The van der Waals surface area contributed by atoms with Gasteiger partial charge < -0.3 is 35.6 Å². The van der Waals surface area contributed by atoms with E-state index in [0.29, 0.717) is 59.7 Å². The van der Waals surface area contributed by atoms with E-state index < -0.39 is 23.6 Å². The van der Waals surface area contributed by atoms with E-state index in [4.69, 9.17) is 10.5 Å². The summed E-state index contributed by atoms with van der Waals surface area (Å²) in [5.74, 6) is -1.18. The molecular weight excluding hydrogens is 492 g/mol. The van der Waals surface area contributed by atoms with Crippen LogP contribution in [0.25, 0.3) is 5.57 Å². The number of allylic oxidation sites excluding steroid dienone is 1. The van der Waals surface area contributed by atoms with E-state index in [0.717, 1.165) is 12.8 Å². The van der Waals surface area contributed by atoms with E-state index in [2.05, 4.69) is 18.5 Å². The predicted octanol–water partition coefficient (Wildman–Crippen LogP) is 3.61. The molecule has 2 aliphatic heterocycles. The molecule has 10 heteroatoms. The van der Waals surface area contributed by atoms with Gasteiger partial charge in [0.15, 0.2) is 11.6 Å². The van der Waals surface area contributed by atoms with Crippen molar-refractivity contribution in [1.29, 1.82) is 0 Å². The van der Waals surface area contributed by atoms with Crippen molar-refractivity contribution in [3.05, 3.63) is 59.5 Å². The molecule has 0 unspecified atom stereocenters. The Bertz CT molecular complexity index is 1210. The van der Waals surface area contributed by atoms with Gasteiger partial charge in [-0.2, -0.15) is 0 Å². The summed E-state index contributed by atoms with van der Waals surface area (Å²) in [5, 5.41) is 12.7. The summed E-state index contributed by atoms with van der Waals surface area (Å²) in [6.45, 7) is 8.48. The molecule has 4 rings (SSSR count). The van der Waals surface area contributed by atoms with Crippen molar-refractivity contribution in [2.24, 2.45) is 5.73 Å². The molecule has 0 aromatic heterocycles. The zero-order valence-corrected chi connectivity index (χ0v) is 22.3. The van der Waals surface area contributed by atoms with Crippen LogP contribution in [0.2, 0.25) is 0 Å². The van der Waals surface area contributed by atoms with Gasteiger partial charge in [0.05, 0.1) is 25.4 Å². The highest BCUT2D eigenvalue weighted by molar-refractivity contribution is 5.96. The standard InChI is InChI=1S/C28H37F2N5O3/c1-16-20-11-22(29)26(27(38-5)25(20)35(19-8-9-19)14-21(16)17(2)36)34-10-6-7-18(13-34)23(30)12-32-28(37)24(31)15-33(3)4/h11,14,19,24,36H,1-2,6-10,12-13,15,31H2,3-5H3,(H,32,37)/b23-18+/t24-/m0/s1. The molecule has 206 valence electrons. The molecule has 1 aromatic carbocycles. The number of benzene rings is 1. The van der Waals surface area contributed by atoms with Gasteiger partial charge in [0.25, 0.3) is 0 Å². The number of nitrogens with zero attached hydrogens (tertiary/aromatic N) is 3. The minimum atomic E-state index is -0.763. The fourth-order valence-corrected chi connectivity index (χ4v) is 5.08. The van der Waals surface area contributed by atoms with E-state index in [1.807, 2.05) is 4.90 Å². The molecule has 2 heterocycles. The molecule has 1 aromatic rings. The minimum absolute atomic E-state index is 0.134. The van der Waals surface area contributed by atoms with Gasteiger partial charge in [-0.1, -0.05) is 13.2 Å². The predicted molar refractivity (Wildman–Crippen MR) is 146 cm³/mol. The lowest BCUT2D eigenvalue weighted by Crippen LogP contribution is -2.47. The van der Waals surface area contributed by atoms with Crippen LogP contribution in [0.4, 0.5) is 20.2 Å². The summed E-state index contributed by atoms with van der Waals surface area (Å²) in [5.41, 5.74) is 8.74. The maximum atomic E-state index is 15.8. The second-order valence-electron chi connectivity index (χ2n) is 10.4. The lowest BCUT2D eigenvalue weighted by Gasteiger charge is -2.37. The van der Waals surface area contributed by atoms with Gasteiger partial charge in [0.1, 0.15) is 17.3 Å². The number of methoxy groups -OCH3 is 1. The molecule has 0 bridgehead atoms. The number of hydrogen-bond donors (Lipinski definition) is 3. The number of piperidine rings is 1. The van der Waals surface area contributed by atoms with Crippen molar-refractivity contribution in [2.75, 3.05) is 57.2 Å². The SMILES string of the molecule is C=C(O)C1=CN(C2CC2)c2c(cc(F)c(N3CCC/C(=C(\F)CNC(=O)[C@@H](N)CN(C)C)C3)c2OC)C1=C. The van der Waals surface area contributed by atoms with Crippen LogP contribution in [-0.2, 0) is 4.79 Å². The largest absolute Gasteiger partial charge is 0.508 e. The summed E-state index contributed by atoms with van der Waals surface area (Å²) < 4.78 is 36.7. The highest BCUT2D eigenvalue weighted by Crippen LogP contribution is 2.52. The minimum Gasteiger partial charge on any atom is -0.508 e. The summed E-state index contributed by atoms with van der Waals surface area (Å²) in [7, 11) is 5.10. The Labute approximate surface area is 222 Å². The first kappa shape index (κ1) is 27.7. The molecule has 8 nitrogen and oxygen atoms in total. The van der Waals surface area contributed by atoms with Crippen LogP contribution in [-0.4, -0.2) is 75.4 Å². The Kier molecular flexibility index (Phi) is 8.13. The highest BCUT2D eigenvalue weighted by Gasteiger charge is 2.38. The molecule has 1 aliphatic carbocycles. The van der Waals surface area contributed by atoms with Crippen molar-refractivity contribution in [3.8, 4) is 5.75 Å². The fraction of sp³-hybridized carbons (Fsp3) is 0.464. The van der Waals surface area contributed by atoms with Gasteiger partial charge >= 0.3 is 0 Å². The molecule has 1 saturated heterocycles. The lowest BCUT2D eigenvalue weighted by atomic mass is 9.91. The number of hydrogen-bond acceptors (Lipinski definition) is 7. The van der Waals surface area contributed by atoms with Crippen molar-refractivity contribution in [3.63, 3.8) is 0 Å². The Balaban J connectivity index is 1.63. The number of rotatable bonds is 9. The van der Waals surface area contributed by atoms with Crippen molar-refractivity contribution in [2.45, 2.75) is 37.8 Å². The topological polar surface area (TPSA) is 94.3 Å². The zero-order chi connectivity index (χ0) is 27.7. The van der Waals surface area contributed by atoms with Crippen LogP contribution in [0.15, 0.2) is 48.2 Å². The number of amides is 1. The van der Waals surface area contributed by atoms with E-state index in [1.165, 1.54) is 13.2 Å². The number of nitrogens with one attached hydrogen (secondary N) is 1. The van der Waals surface area contributed by atoms with Gasteiger partial charge in [0.2, 0.25) is 5.91 Å². The molecule has 2 fully saturated rings.